The van der Waals surface area contributed by atoms with Crippen molar-refractivity contribution < 1.29 is 4.79 Å². The summed E-state index contributed by atoms with van der Waals surface area (Å²) < 4.78 is 3.85. The summed E-state index contributed by atoms with van der Waals surface area (Å²) in [5.74, 6) is -0.123. The Labute approximate surface area is 133 Å². The van der Waals surface area contributed by atoms with Gasteiger partial charge in [-0.2, -0.15) is 0 Å². The first-order chi connectivity index (χ1) is 9.82. The molecule has 1 N–H and O–H groups in total. The van der Waals surface area contributed by atoms with Crippen LogP contribution in [0.15, 0.2) is 5.38 Å². The molecule has 0 aliphatic rings. The third-order valence-corrected chi connectivity index (χ3v) is 4.90. The Balaban J connectivity index is 2.09. The van der Waals surface area contributed by atoms with E-state index < -0.39 is 0 Å². The van der Waals surface area contributed by atoms with Crippen LogP contribution in [0, 0.1) is 0 Å². The summed E-state index contributed by atoms with van der Waals surface area (Å²) in [5, 5.41) is 9.92. The highest BCUT2D eigenvalue weighted by Crippen LogP contribution is 2.27. The Bertz CT molecular complexity index is 627. The molecule has 0 aliphatic heterocycles. The van der Waals surface area contributed by atoms with Crippen LogP contribution in [0.4, 0.5) is 0 Å². The standard InChI is InChI=1S/C14H20N4OS2/c1-6-9-11(21-18-17-9)12(19)15-8(2)13-16-10(7-20-13)14(3,4)5/h7-8H,6H2,1-5H3,(H,15,19). The summed E-state index contributed by atoms with van der Waals surface area (Å²) in [6.07, 6.45) is 0.707. The molecule has 0 radical (unpaired) electrons. The number of amides is 1. The summed E-state index contributed by atoms with van der Waals surface area (Å²) in [6.45, 7) is 10.3. The van der Waals surface area contributed by atoms with Gasteiger partial charge in [0, 0.05) is 10.8 Å². The van der Waals surface area contributed by atoms with Crippen molar-refractivity contribution in [2.45, 2.75) is 52.5 Å². The van der Waals surface area contributed by atoms with Gasteiger partial charge >= 0.3 is 0 Å². The molecule has 0 bridgehead atoms. The van der Waals surface area contributed by atoms with Crippen LogP contribution < -0.4 is 5.32 Å². The molecule has 114 valence electrons. The second kappa shape index (κ2) is 6.19. The molecule has 21 heavy (non-hydrogen) atoms. The fraction of sp³-hybridized carbons (Fsp3) is 0.571. The number of hydrogen-bond acceptors (Lipinski definition) is 6. The Morgan fingerprint density at radius 3 is 2.71 bits per heavy atom. The van der Waals surface area contributed by atoms with E-state index >= 15 is 0 Å². The molecule has 7 heteroatoms. The van der Waals surface area contributed by atoms with E-state index in [4.69, 9.17) is 0 Å². The first-order valence-electron chi connectivity index (χ1n) is 6.91. The molecule has 2 heterocycles. The molecule has 2 aromatic heterocycles. The van der Waals surface area contributed by atoms with Crippen LogP contribution in [-0.4, -0.2) is 20.5 Å². The lowest BCUT2D eigenvalue weighted by Gasteiger charge is -2.15. The number of hydrogen-bond donors (Lipinski definition) is 1. The monoisotopic (exact) mass is 324 g/mol. The minimum Gasteiger partial charge on any atom is -0.342 e. The summed E-state index contributed by atoms with van der Waals surface area (Å²) in [4.78, 5) is 17.5. The molecule has 0 saturated carbocycles. The molecule has 0 spiro atoms. The number of nitrogens with one attached hydrogen (secondary N) is 1. The van der Waals surface area contributed by atoms with Crippen LogP contribution >= 0.6 is 22.9 Å². The Kier molecular flexibility index (Phi) is 4.73. The van der Waals surface area contributed by atoms with Crippen molar-refractivity contribution in [3.05, 3.63) is 26.7 Å². The fourth-order valence-corrected chi connectivity index (χ4v) is 3.47. The van der Waals surface area contributed by atoms with Gasteiger partial charge in [-0.3, -0.25) is 4.79 Å². The maximum atomic E-state index is 12.3. The minimum absolute atomic E-state index is 0.0233. The number of thiazole rings is 1. The average Bonchev–Trinajstić information content (AvgIpc) is 3.06. The Morgan fingerprint density at radius 1 is 1.43 bits per heavy atom. The van der Waals surface area contributed by atoms with Gasteiger partial charge in [-0.1, -0.05) is 32.2 Å². The molecule has 1 atom stereocenters. The highest BCUT2D eigenvalue weighted by atomic mass is 32.1. The van der Waals surface area contributed by atoms with Crippen LogP contribution in [0.25, 0.3) is 0 Å². The smallest absolute Gasteiger partial charge is 0.265 e. The maximum Gasteiger partial charge on any atom is 0.265 e. The van der Waals surface area contributed by atoms with Crippen LogP contribution in [0.5, 0.6) is 0 Å². The Morgan fingerprint density at radius 2 is 2.14 bits per heavy atom. The van der Waals surface area contributed by atoms with E-state index in [9.17, 15) is 4.79 Å². The SMILES string of the molecule is CCc1nnsc1C(=O)NC(C)c1nc(C(C)(C)C)cs1. The van der Waals surface area contributed by atoms with Gasteiger partial charge < -0.3 is 5.32 Å². The van der Waals surface area contributed by atoms with E-state index in [0.717, 1.165) is 27.9 Å². The molecule has 1 amide bonds. The number of aromatic nitrogens is 3. The van der Waals surface area contributed by atoms with Crippen LogP contribution in [-0.2, 0) is 11.8 Å². The van der Waals surface area contributed by atoms with Gasteiger partial charge in [-0.15, -0.1) is 16.4 Å². The third-order valence-electron chi connectivity index (χ3n) is 3.11. The van der Waals surface area contributed by atoms with Crippen molar-refractivity contribution in [1.82, 2.24) is 19.9 Å². The Hall–Kier alpha value is -1.34. The minimum atomic E-state index is -0.123. The van der Waals surface area contributed by atoms with E-state index in [0.29, 0.717) is 11.3 Å². The molecule has 0 aromatic carbocycles. The van der Waals surface area contributed by atoms with Gasteiger partial charge in [0.25, 0.3) is 5.91 Å². The molecule has 0 saturated heterocycles. The van der Waals surface area contributed by atoms with Crippen LogP contribution in [0.1, 0.15) is 66.7 Å². The molecular weight excluding hydrogens is 304 g/mol. The van der Waals surface area contributed by atoms with Crippen molar-refractivity contribution in [3.63, 3.8) is 0 Å². The molecule has 2 rings (SSSR count). The summed E-state index contributed by atoms with van der Waals surface area (Å²) in [6, 6.07) is -0.120. The first-order valence-corrected chi connectivity index (χ1v) is 8.56. The van der Waals surface area contributed by atoms with Crippen molar-refractivity contribution in [1.29, 1.82) is 0 Å². The molecule has 0 fully saturated rings. The molecular formula is C14H20N4OS2. The zero-order chi connectivity index (χ0) is 15.6. The van der Waals surface area contributed by atoms with Gasteiger partial charge in [0.2, 0.25) is 0 Å². The molecule has 1 unspecified atom stereocenters. The lowest BCUT2D eigenvalue weighted by molar-refractivity contribution is 0.0943. The molecule has 2 aromatic rings. The van der Waals surface area contributed by atoms with Crippen LogP contribution in [0.3, 0.4) is 0 Å². The van der Waals surface area contributed by atoms with E-state index in [1.165, 1.54) is 0 Å². The second-order valence-electron chi connectivity index (χ2n) is 5.92. The normalized spacial score (nSPS) is 13.2. The number of carbonyl (C=O) groups excluding carboxylic acids is 1. The zero-order valence-electron chi connectivity index (χ0n) is 12.9. The largest absolute Gasteiger partial charge is 0.342 e. The topological polar surface area (TPSA) is 67.8 Å². The van der Waals surface area contributed by atoms with E-state index in [1.54, 1.807) is 11.3 Å². The van der Waals surface area contributed by atoms with Gasteiger partial charge in [0.15, 0.2) is 0 Å². The maximum absolute atomic E-state index is 12.3. The van der Waals surface area contributed by atoms with E-state index in [-0.39, 0.29) is 17.4 Å². The van der Waals surface area contributed by atoms with Crippen molar-refractivity contribution in [2.75, 3.05) is 0 Å². The predicted octanol–water partition coefficient (Wildman–Crippen LogP) is 3.35. The number of rotatable bonds is 4. The predicted molar refractivity (Wildman–Crippen MR) is 86.0 cm³/mol. The summed E-state index contributed by atoms with van der Waals surface area (Å²) in [5.41, 5.74) is 1.83. The quantitative estimate of drug-likeness (QED) is 0.936. The first kappa shape index (κ1) is 16.0. The van der Waals surface area contributed by atoms with Gasteiger partial charge in [-0.25, -0.2) is 4.98 Å². The highest BCUT2D eigenvalue weighted by molar-refractivity contribution is 7.09. The van der Waals surface area contributed by atoms with Gasteiger partial charge in [0.1, 0.15) is 9.88 Å². The van der Waals surface area contributed by atoms with Crippen molar-refractivity contribution in [3.8, 4) is 0 Å². The van der Waals surface area contributed by atoms with Gasteiger partial charge in [0.05, 0.1) is 17.4 Å². The second-order valence-corrected chi connectivity index (χ2v) is 7.56. The number of nitrogens with zero attached hydrogens (tertiary/aromatic N) is 3. The lowest BCUT2D eigenvalue weighted by atomic mass is 9.93. The zero-order valence-corrected chi connectivity index (χ0v) is 14.6. The van der Waals surface area contributed by atoms with E-state index in [2.05, 4.69) is 46.0 Å². The average molecular weight is 324 g/mol. The summed E-state index contributed by atoms with van der Waals surface area (Å²) in [7, 11) is 0. The lowest BCUT2D eigenvalue weighted by Crippen LogP contribution is -2.27. The number of carbonyl (C=O) groups is 1. The fourth-order valence-electron chi connectivity index (χ4n) is 1.77. The number of aryl methyl sites for hydroxylation is 1. The summed E-state index contributed by atoms with van der Waals surface area (Å²) >= 11 is 2.72. The van der Waals surface area contributed by atoms with E-state index in [1.807, 2.05) is 13.8 Å². The van der Waals surface area contributed by atoms with Crippen molar-refractivity contribution >= 4 is 28.8 Å². The molecule has 5 nitrogen and oxygen atoms in total. The van der Waals surface area contributed by atoms with Crippen molar-refractivity contribution in [2.24, 2.45) is 0 Å². The molecule has 0 aliphatic carbocycles. The highest BCUT2D eigenvalue weighted by Gasteiger charge is 2.22. The van der Waals surface area contributed by atoms with Gasteiger partial charge in [-0.05, 0) is 24.9 Å². The third kappa shape index (κ3) is 3.65. The van der Waals surface area contributed by atoms with Crippen LogP contribution in [0.2, 0.25) is 0 Å².